The molecule has 1 heterocycles. The van der Waals surface area contributed by atoms with Crippen molar-refractivity contribution in [3.63, 3.8) is 0 Å². The number of nitrogens with two attached hydrogens (primary N) is 1. The van der Waals surface area contributed by atoms with E-state index < -0.39 is 24.6 Å². The van der Waals surface area contributed by atoms with Gasteiger partial charge in [0.25, 0.3) is 5.88 Å². The molecule has 112 valence electrons. The van der Waals surface area contributed by atoms with Crippen molar-refractivity contribution >= 4 is 11.9 Å². The maximum Gasteiger partial charge on any atom is 0.341 e. The molecule has 0 radical (unpaired) electrons. The molecule has 1 atom stereocenters. The second-order valence-corrected chi connectivity index (χ2v) is 4.32. The van der Waals surface area contributed by atoms with E-state index in [0.717, 1.165) is 12.8 Å². The molecule has 8 heteroatoms. The number of ether oxygens (including phenoxy) is 1. The van der Waals surface area contributed by atoms with Crippen LogP contribution in [0.4, 0.5) is 0 Å². The minimum atomic E-state index is -1.16. The molecule has 8 nitrogen and oxygen atoms in total. The lowest BCUT2D eigenvalue weighted by Crippen LogP contribution is -2.32. The van der Waals surface area contributed by atoms with Crippen LogP contribution in [0.2, 0.25) is 0 Å². The van der Waals surface area contributed by atoms with Gasteiger partial charge in [-0.15, -0.1) is 0 Å². The highest BCUT2D eigenvalue weighted by molar-refractivity contribution is 5.73. The molecular formula is C12H18N2O6. The number of carboxylic acid groups (broad SMARTS) is 2. The van der Waals surface area contributed by atoms with Crippen molar-refractivity contribution in [1.82, 2.24) is 5.16 Å². The average molecular weight is 286 g/mol. The number of hydrogen-bond acceptors (Lipinski definition) is 6. The van der Waals surface area contributed by atoms with Crippen molar-refractivity contribution in [2.75, 3.05) is 6.61 Å². The summed E-state index contributed by atoms with van der Waals surface area (Å²) in [6, 6.07) is -1.12. The molecule has 1 rings (SSSR count). The van der Waals surface area contributed by atoms with Gasteiger partial charge in [-0.05, 0) is 11.6 Å². The molecule has 0 spiro atoms. The Balaban J connectivity index is 2.89. The predicted octanol–water partition coefficient (Wildman–Crippen LogP) is 0.435. The van der Waals surface area contributed by atoms with Gasteiger partial charge in [-0.1, -0.05) is 13.3 Å². The number of carboxylic acids is 2. The Bertz CT molecular complexity index is 471. The van der Waals surface area contributed by atoms with Gasteiger partial charge in [0, 0.05) is 12.8 Å². The lowest BCUT2D eigenvalue weighted by atomic mass is 10.0. The zero-order chi connectivity index (χ0) is 15.1. The van der Waals surface area contributed by atoms with Gasteiger partial charge in [0.05, 0.1) is 5.56 Å². The Hall–Kier alpha value is -2.09. The second-order valence-electron chi connectivity index (χ2n) is 4.32. The molecule has 0 aliphatic carbocycles. The van der Waals surface area contributed by atoms with Crippen LogP contribution in [-0.4, -0.2) is 40.0 Å². The summed E-state index contributed by atoms with van der Waals surface area (Å²) in [6.07, 6.45) is 2.31. The monoisotopic (exact) mass is 286 g/mol. The summed E-state index contributed by atoms with van der Waals surface area (Å²) in [5, 5.41) is 21.1. The maximum atomic E-state index is 10.8. The van der Waals surface area contributed by atoms with Gasteiger partial charge in [0.2, 0.25) is 0 Å². The molecular weight excluding hydrogens is 268 g/mol. The minimum absolute atomic E-state index is 0.00444. The van der Waals surface area contributed by atoms with E-state index in [1.165, 1.54) is 0 Å². The van der Waals surface area contributed by atoms with Crippen molar-refractivity contribution < 1.29 is 29.1 Å². The van der Waals surface area contributed by atoms with E-state index in [2.05, 4.69) is 5.16 Å². The molecule has 20 heavy (non-hydrogen) atoms. The zero-order valence-corrected chi connectivity index (χ0v) is 11.2. The van der Waals surface area contributed by atoms with E-state index in [4.69, 9.17) is 25.2 Å². The van der Waals surface area contributed by atoms with Crippen LogP contribution in [0, 0.1) is 0 Å². The highest BCUT2D eigenvalue weighted by atomic mass is 16.5. The summed E-state index contributed by atoms with van der Waals surface area (Å²) in [7, 11) is 0. The fraction of sp³-hybridized carbons (Fsp3) is 0.583. The lowest BCUT2D eigenvalue weighted by Gasteiger charge is -2.07. The molecule has 0 aromatic carbocycles. The topological polar surface area (TPSA) is 136 Å². The van der Waals surface area contributed by atoms with E-state index in [9.17, 15) is 9.59 Å². The van der Waals surface area contributed by atoms with E-state index >= 15 is 0 Å². The smallest absolute Gasteiger partial charge is 0.341 e. The molecule has 0 aliphatic heterocycles. The Kier molecular flexibility index (Phi) is 5.98. The van der Waals surface area contributed by atoms with E-state index in [0.29, 0.717) is 17.7 Å². The molecule has 0 saturated carbocycles. The van der Waals surface area contributed by atoms with Crippen molar-refractivity contribution in [3.8, 4) is 5.88 Å². The van der Waals surface area contributed by atoms with Crippen LogP contribution in [0.5, 0.6) is 5.88 Å². The van der Waals surface area contributed by atoms with Gasteiger partial charge >= 0.3 is 11.9 Å². The Morgan fingerprint density at radius 3 is 2.70 bits per heavy atom. The number of carbonyl (C=O) groups is 2. The number of hydrogen-bond donors (Lipinski definition) is 3. The van der Waals surface area contributed by atoms with Crippen LogP contribution < -0.4 is 10.5 Å². The Morgan fingerprint density at radius 1 is 1.45 bits per heavy atom. The SMILES string of the molecule is CCCCc1onc(OCC(=O)O)c1C[C@H](N)C(=O)O. The Labute approximate surface area is 115 Å². The normalized spacial score (nSPS) is 12.1. The van der Waals surface area contributed by atoms with E-state index in [1.807, 2.05) is 6.92 Å². The first-order valence-electron chi connectivity index (χ1n) is 6.26. The van der Waals surface area contributed by atoms with Gasteiger partial charge < -0.3 is 25.2 Å². The first kappa shape index (κ1) is 16.0. The van der Waals surface area contributed by atoms with Gasteiger partial charge in [-0.2, -0.15) is 0 Å². The van der Waals surface area contributed by atoms with E-state index in [1.54, 1.807) is 0 Å². The van der Waals surface area contributed by atoms with Gasteiger partial charge in [0.1, 0.15) is 11.8 Å². The number of aryl methyl sites for hydroxylation is 1. The fourth-order valence-corrected chi connectivity index (χ4v) is 1.61. The van der Waals surface area contributed by atoms with Crippen molar-refractivity contribution in [1.29, 1.82) is 0 Å². The minimum Gasteiger partial charge on any atom is -0.480 e. The molecule has 0 amide bonds. The van der Waals surface area contributed by atoms with Crippen LogP contribution in [0.1, 0.15) is 31.1 Å². The standard InChI is InChI=1S/C12H18N2O6/c1-2-3-4-9-7(5-8(13)12(17)18)11(14-20-9)19-6-10(15)16/h8H,2-6,13H2,1H3,(H,15,16)(H,17,18)/t8-/m0/s1. The third-order valence-corrected chi connectivity index (χ3v) is 2.66. The van der Waals surface area contributed by atoms with Crippen LogP contribution in [0.25, 0.3) is 0 Å². The summed E-state index contributed by atoms with van der Waals surface area (Å²) in [5.74, 6) is -1.83. The number of rotatable bonds is 9. The van der Waals surface area contributed by atoms with E-state index in [-0.39, 0.29) is 12.3 Å². The first-order valence-corrected chi connectivity index (χ1v) is 6.26. The average Bonchev–Trinajstić information content (AvgIpc) is 2.76. The molecule has 1 aromatic heterocycles. The van der Waals surface area contributed by atoms with Crippen LogP contribution in [0.15, 0.2) is 4.52 Å². The molecule has 0 aliphatic rings. The molecule has 0 bridgehead atoms. The summed E-state index contributed by atoms with van der Waals surface area (Å²) < 4.78 is 10.1. The number of aromatic nitrogens is 1. The molecule has 1 aromatic rings. The summed E-state index contributed by atoms with van der Waals surface area (Å²) in [6.45, 7) is 1.43. The van der Waals surface area contributed by atoms with Crippen molar-refractivity contribution in [3.05, 3.63) is 11.3 Å². The Morgan fingerprint density at radius 2 is 2.15 bits per heavy atom. The van der Waals surface area contributed by atoms with Crippen LogP contribution in [0.3, 0.4) is 0 Å². The predicted molar refractivity (Wildman–Crippen MR) is 67.6 cm³/mol. The van der Waals surface area contributed by atoms with Gasteiger partial charge in [0.15, 0.2) is 6.61 Å². The quantitative estimate of drug-likeness (QED) is 0.594. The lowest BCUT2D eigenvalue weighted by molar-refractivity contribution is -0.140. The van der Waals surface area contributed by atoms with Crippen LogP contribution in [-0.2, 0) is 22.4 Å². The number of aliphatic carboxylic acids is 2. The highest BCUT2D eigenvalue weighted by Crippen LogP contribution is 2.24. The number of nitrogens with zero attached hydrogens (tertiary/aromatic N) is 1. The molecule has 0 unspecified atom stereocenters. The molecule has 0 fully saturated rings. The van der Waals surface area contributed by atoms with Crippen molar-refractivity contribution in [2.24, 2.45) is 5.73 Å². The summed E-state index contributed by atoms with van der Waals surface area (Å²) in [5.41, 5.74) is 5.91. The summed E-state index contributed by atoms with van der Waals surface area (Å²) >= 11 is 0. The second kappa shape index (κ2) is 7.49. The van der Waals surface area contributed by atoms with Gasteiger partial charge in [-0.25, -0.2) is 4.79 Å². The van der Waals surface area contributed by atoms with Crippen molar-refractivity contribution in [2.45, 2.75) is 38.6 Å². The third kappa shape index (κ3) is 4.54. The number of unbranched alkanes of at least 4 members (excludes halogenated alkanes) is 1. The maximum absolute atomic E-state index is 10.8. The first-order chi connectivity index (χ1) is 9.45. The third-order valence-electron chi connectivity index (χ3n) is 2.66. The van der Waals surface area contributed by atoms with Gasteiger partial charge in [-0.3, -0.25) is 4.79 Å². The fourth-order valence-electron chi connectivity index (χ4n) is 1.61. The zero-order valence-electron chi connectivity index (χ0n) is 11.2. The summed E-state index contributed by atoms with van der Waals surface area (Å²) in [4.78, 5) is 21.3. The highest BCUT2D eigenvalue weighted by Gasteiger charge is 2.23. The molecule has 4 N–H and O–H groups in total. The van der Waals surface area contributed by atoms with Crippen LogP contribution >= 0.6 is 0 Å². The largest absolute Gasteiger partial charge is 0.480 e. The molecule has 0 saturated heterocycles.